The van der Waals surface area contributed by atoms with E-state index in [4.69, 9.17) is 47.4 Å². The summed E-state index contributed by atoms with van der Waals surface area (Å²) in [6, 6.07) is 0. The normalized spacial score (nSPS) is 58.2. The van der Waals surface area contributed by atoms with Crippen LogP contribution in [0, 0.1) is 58.2 Å². The second-order valence-electron chi connectivity index (χ2n) is 24.4. The van der Waals surface area contributed by atoms with Crippen LogP contribution >= 0.6 is 0 Å². The summed E-state index contributed by atoms with van der Waals surface area (Å²) in [6.07, 6.45) is -23.4. The van der Waals surface area contributed by atoms with Gasteiger partial charge in [-0.15, -0.1) is 0 Å². The van der Waals surface area contributed by atoms with Crippen LogP contribution in [0.3, 0.4) is 0 Å². The predicted molar refractivity (Wildman–Crippen MR) is 247 cm³/mol. The molecule has 1 spiro atoms. The van der Waals surface area contributed by atoms with Crippen molar-refractivity contribution in [2.75, 3.05) is 33.0 Å². The van der Waals surface area contributed by atoms with Gasteiger partial charge < -0.3 is 109 Å². The summed E-state index contributed by atoms with van der Waals surface area (Å²) in [5.74, 6) is 1.63. The SMILES string of the molecule is C[C@@H]1CC[C@@]2(OC1)O[C@H]1C[C@H]3[C@@H]4CC[C@H]5C[C@@H](O[C@@H]6O[C@H](CO)[C@H](O[C@@H]7O[C@H](CO)[C@@H](O)[C@H](O[C@@H]8OC[C@@H](O)[C@H](C)[C@H]8O)[C@H]7O[C@@H]7O[C@H](CO)[C@@H](O)[C@H](O)[C@H]7O)[C@H](O)[C@H]6O)[C@H](O)C[C@]5(C)[C@H]4CC[C@]3(C)[C@H]1[C@@H]2C. The molecule has 6 aliphatic heterocycles. The summed E-state index contributed by atoms with van der Waals surface area (Å²) in [6.45, 7) is 8.95. The lowest BCUT2D eigenvalue weighted by molar-refractivity contribution is -0.403. The van der Waals surface area contributed by atoms with Crippen molar-refractivity contribution >= 4 is 0 Å². The third-order valence-electron chi connectivity index (χ3n) is 20.4. The van der Waals surface area contributed by atoms with Gasteiger partial charge in [0, 0.05) is 18.3 Å². The zero-order valence-corrected chi connectivity index (χ0v) is 42.6. The molecule has 4 saturated carbocycles. The summed E-state index contributed by atoms with van der Waals surface area (Å²) < 4.78 is 61.7. The van der Waals surface area contributed by atoms with Crippen LogP contribution in [0.5, 0.6) is 0 Å². The Morgan fingerprint density at radius 1 is 0.534 bits per heavy atom. The van der Waals surface area contributed by atoms with E-state index in [2.05, 4.69) is 27.7 Å². The van der Waals surface area contributed by atoms with E-state index in [1.54, 1.807) is 6.92 Å². The quantitative estimate of drug-likeness (QED) is 0.0994. The summed E-state index contributed by atoms with van der Waals surface area (Å²) in [7, 11) is 0. The van der Waals surface area contributed by atoms with Crippen molar-refractivity contribution < 1.29 is 109 Å². The summed E-state index contributed by atoms with van der Waals surface area (Å²) in [5, 5.41) is 132. The predicted octanol–water partition coefficient (Wildman–Crippen LogP) is -2.02. The van der Waals surface area contributed by atoms with E-state index in [-0.39, 0.29) is 29.5 Å². The van der Waals surface area contributed by atoms with Crippen molar-refractivity contribution in [2.24, 2.45) is 58.2 Å². The molecule has 6 saturated heterocycles. The Kier molecular flexibility index (Phi) is 16.2. The Hall–Kier alpha value is -0.880. The molecule has 12 N–H and O–H groups in total. The fraction of sp³-hybridized carbons (Fsp3) is 1.00. The Morgan fingerprint density at radius 2 is 1.18 bits per heavy atom. The standard InChI is InChI=1S/C51H84O22/c1-20-8-11-51(65-18-20)22(3)34-30(73-51)13-26-24-7-6-23-12-29(27(55)14-50(23,5)25(24)9-10-49(26,34)4)66-46-41(63)39(61)42(33(17-54)69-46)70-48-44(72-47-40(62)38(60)36(58)31(15-52)67-47)43(37(59)32(16-53)68-48)71-45-35(57)21(2)28(56)19-64-45/h20-48,52-63H,6-19H2,1-5H3/t20-,21+,22+,23+,24-,25+,26+,27-,28-,29-,30+,31-,32-,33-,34+,35-,36-,37-,38+,39-,40-,41-,42+,43+,44-,45+,46-,47+,48+,49+,50+,51-/m1/s1. The van der Waals surface area contributed by atoms with Gasteiger partial charge in [0.15, 0.2) is 30.9 Å². The largest absolute Gasteiger partial charge is 0.394 e. The van der Waals surface area contributed by atoms with Crippen LogP contribution in [0.25, 0.3) is 0 Å². The molecule has 0 bridgehead atoms. The van der Waals surface area contributed by atoms with Crippen LogP contribution < -0.4 is 0 Å². The summed E-state index contributed by atoms with van der Waals surface area (Å²) >= 11 is 0. The number of ether oxygens (including phenoxy) is 10. The zero-order valence-electron chi connectivity index (χ0n) is 42.6. The number of hydrogen-bond donors (Lipinski definition) is 12. The van der Waals surface area contributed by atoms with E-state index >= 15 is 0 Å². The van der Waals surface area contributed by atoms with Crippen LogP contribution in [0.15, 0.2) is 0 Å². The van der Waals surface area contributed by atoms with Gasteiger partial charge in [-0.05, 0) is 97.7 Å². The third-order valence-corrected chi connectivity index (χ3v) is 20.4. The van der Waals surface area contributed by atoms with Crippen LogP contribution in [-0.2, 0) is 47.4 Å². The minimum absolute atomic E-state index is 0.139. The molecule has 6 heterocycles. The molecule has 10 fully saturated rings. The van der Waals surface area contributed by atoms with Crippen LogP contribution in [0.4, 0.5) is 0 Å². The lowest BCUT2D eigenvalue weighted by Crippen LogP contribution is -2.68. The van der Waals surface area contributed by atoms with Crippen molar-refractivity contribution in [1.82, 2.24) is 0 Å². The second kappa shape index (κ2) is 21.3. The first-order valence-electron chi connectivity index (χ1n) is 27.1. The van der Waals surface area contributed by atoms with E-state index < -0.39 is 154 Å². The van der Waals surface area contributed by atoms with E-state index in [0.29, 0.717) is 48.3 Å². The zero-order chi connectivity index (χ0) is 52.2. The molecule has 420 valence electrons. The maximum atomic E-state index is 12.0. The minimum Gasteiger partial charge on any atom is -0.394 e. The molecule has 22 nitrogen and oxygen atoms in total. The Morgan fingerprint density at radius 3 is 1.88 bits per heavy atom. The topological polar surface area (TPSA) is 335 Å². The average molecular weight is 1050 g/mol. The number of aliphatic hydroxyl groups excluding tert-OH is 12. The third kappa shape index (κ3) is 9.50. The van der Waals surface area contributed by atoms with Gasteiger partial charge in [-0.1, -0.05) is 34.6 Å². The molecule has 0 aromatic heterocycles. The smallest absolute Gasteiger partial charge is 0.187 e. The second-order valence-corrected chi connectivity index (χ2v) is 24.4. The molecule has 0 aromatic carbocycles. The van der Waals surface area contributed by atoms with Gasteiger partial charge in [0.25, 0.3) is 0 Å². The lowest BCUT2D eigenvalue weighted by Gasteiger charge is -2.62. The molecule has 10 rings (SSSR count). The molecule has 4 aliphatic carbocycles. The monoisotopic (exact) mass is 1050 g/mol. The van der Waals surface area contributed by atoms with Gasteiger partial charge in [0.1, 0.15) is 79.4 Å². The van der Waals surface area contributed by atoms with Crippen LogP contribution in [0.2, 0.25) is 0 Å². The molecule has 32 atom stereocenters. The highest BCUT2D eigenvalue weighted by molar-refractivity contribution is 5.16. The Bertz CT molecular complexity index is 1860. The van der Waals surface area contributed by atoms with E-state index in [1.807, 2.05) is 0 Å². The molecular weight excluding hydrogens is 965 g/mol. The van der Waals surface area contributed by atoms with Gasteiger partial charge in [-0.25, -0.2) is 0 Å². The lowest BCUT2D eigenvalue weighted by atomic mass is 9.44. The number of hydrogen-bond acceptors (Lipinski definition) is 22. The van der Waals surface area contributed by atoms with Gasteiger partial charge in [-0.2, -0.15) is 0 Å². The molecule has 73 heavy (non-hydrogen) atoms. The molecule has 22 heteroatoms. The van der Waals surface area contributed by atoms with Crippen molar-refractivity contribution in [3.05, 3.63) is 0 Å². The average Bonchev–Trinajstić information content (AvgIpc) is 3.82. The van der Waals surface area contributed by atoms with Gasteiger partial charge in [0.2, 0.25) is 0 Å². The van der Waals surface area contributed by atoms with Crippen molar-refractivity contribution in [3.63, 3.8) is 0 Å². The van der Waals surface area contributed by atoms with Crippen molar-refractivity contribution in [2.45, 2.75) is 227 Å². The highest BCUT2D eigenvalue weighted by Gasteiger charge is 2.70. The molecule has 0 amide bonds. The first kappa shape index (κ1) is 55.4. The maximum absolute atomic E-state index is 12.0. The van der Waals surface area contributed by atoms with E-state index in [1.165, 1.54) is 0 Å². The van der Waals surface area contributed by atoms with E-state index in [0.717, 1.165) is 51.6 Å². The highest BCUT2D eigenvalue weighted by atomic mass is 16.8. The summed E-state index contributed by atoms with van der Waals surface area (Å²) in [5.41, 5.74) is -0.0359. The van der Waals surface area contributed by atoms with Gasteiger partial charge in [-0.3, -0.25) is 0 Å². The Labute approximate surface area is 426 Å². The molecule has 0 radical (unpaired) electrons. The minimum atomic E-state index is -1.98. The van der Waals surface area contributed by atoms with Crippen LogP contribution in [-0.4, -0.2) is 229 Å². The molecule has 0 unspecified atom stereocenters. The van der Waals surface area contributed by atoms with Crippen molar-refractivity contribution in [1.29, 1.82) is 0 Å². The fourth-order valence-corrected chi connectivity index (χ4v) is 16.1. The number of aliphatic hydroxyl groups is 12. The molecule has 10 aliphatic rings. The summed E-state index contributed by atoms with van der Waals surface area (Å²) in [4.78, 5) is 0. The fourth-order valence-electron chi connectivity index (χ4n) is 16.1. The molecule has 0 aromatic rings. The first-order chi connectivity index (χ1) is 34.7. The first-order valence-corrected chi connectivity index (χ1v) is 27.1. The van der Waals surface area contributed by atoms with Gasteiger partial charge >= 0.3 is 0 Å². The van der Waals surface area contributed by atoms with Crippen LogP contribution in [0.1, 0.15) is 92.4 Å². The molecular formula is C51H84O22. The Balaban J connectivity index is 0.824. The number of fused-ring (bicyclic) bond motifs is 7. The number of rotatable bonds is 11. The van der Waals surface area contributed by atoms with E-state index in [9.17, 15) is 61.3 Å². The van der Waals surface area contributed by atoms with Gasteiger partial charge in [0.05, 0.1) is 57.5 Å². The van der Waals surface area contributed by atoms with Crippen molar-refractivity contribution in [3.8, 4) is 0 Å². The maximum Gasteiger partial charge on any atom is 0.187 e. The highest BCUT2D eigenvalue weighted by Crippen LogP contribution is 2.71.